The van der Waals surface area contributed by atoms with Crippen molar-refractivity contribution in [3.05, 3.63) is 76.9 Å². The Kier molecular flexibility index (Phi) is 7.44. The highest BCUT2D eigenvalue weighted by atomic mass is 32.1. The summed E-state index contributed by atoms with van der Waals surface area (Å²) in [6.45, 7) is 4.26. The number of amides is 1. The summed E-state index contributed by atoms with van der Waals surface area (Å²) in [6.07, 6.45) is 1.00. The molecule has 2 N–H and O–H groups in total. The first-order chi connectivity index (χ1) is 17.6. The van der Waals surface area contributed by atoms with E-state index in [9.17, 15) is 22.4 Å². The number of benzene rings is 3. The van der Waals surface area contributed by atoms with Crippen LogP contribution in [0.5, 0.6) is 5.75 Å². The van der Waals surface area contributed by atoms with Crippen LogP contribution in [0.2, 0.25) is 0 Å². The highest BCUT2D eigenvalue weighted by Gasteiger charge is 2.30. The number of methoxy groups -OCH3 is 1. The number of fused-ring (bicyclic) bond motifs is 1. The number of anilines is 1. The van der Waals surface area contributed by atoms with Crippen molar-refractivity contribution in [3.63, 3.8) is 0 Å². The van der Waals surface area contributed by atoms with Gasteiger partial charge >= 0.3 is 0 Å². The second-order valence-electron chi connectivity index (χ2n) is 8.21. The van der Waals surface area contributed by atoms with E-state index < -0.39 is 40.5 Å². The van der Waals surface area contributed by atoms with Gasteiger partial charge in [-0.2, -0.15) is 8.78 Å². The Hall–Kier alpha value is -3.99. The molecule has 0 aliphatic carbocycles. The Morgan fingerprint density at radius 1 is 1.05 bits per heavy atom. The summed E-state index contributed by atoms with van der Waals surface area (Å²) >= 11 is 5.00. The molecule has 1 atom stereocenters. The minimum atomic E-state index is -1.91. The van der Waals surface area contributed by atoms with E-state index in [4.69, 9.17) is 16.6 Å². The molecule has 1 amide bonds. The number of rotatable bonds is 6. The van der Waals surface area contributed by atoms with E-state index in [1.165, 1.54) is 5.56 Å². The predicted molar refractivity (Wildman–Crippen MR) is 135 cm³/mol. The molecule has 6 nitrogen and oxygen atoms in total. The third-order valence-corrected chi connectivity index (χ3v) is 6.07. The van der Waals surface area contributed by atoms with Crippen molar-refractivity contribution >= 4 is 40.0 Å². The van der Waals surface area contributed by atoms with Crippen LogP contribution in [0.1, 0.15) is 42.1 Å². The summed E-state index contributed by atoms with van der Waals surface area (Å²) < 4.78 is 66.3. The fourth-order valence-corrected chi connectivity index (χ4v) is 3.83. The summed E-state index contributed by atoms with van der Waals surface area (Å²) in [6, 6.07) is 12.5. The summed E-state index contributed by atoms with van der Waals surface area (Å²) in [4.78, 5) is 16.8. The molecule has 0 saturated carbocycles. The van der Waals surface area contributed by atoms with Crippen LogP contribution in [0.4, 0.5) is 23.2 Å². The highest BCUT2D eigenvalue weighted by Crippen LogP contribution is 2.30. The number of aromatic nitrogens is 1. The lowest BCUT2D eigenvalue weighted by atomic mass is 9.98. The number of nitrogens with zero attached hydrogens (tertiary/aromatic N) is 1. The van der Waals surface area contributed by atoms with Crippen molar-refractivity contribution < 1.29 is 31.5 Å². The molecule has 4 rings (SSSR count). The Balaban J connectivity index is 1.47. The third kappa shape index (κ3) is 5.12. The standard InChI is InChI=1S/C26H21F4N3O3S/c1-4-12(2)14-7-10-17-16(11-14)32-25(36-17)13-5-8-15(9-6-13)31-26(37)33-24(34)18-19(27)21(29)23(35-3)22(30)20(18)28/h5-12H,4H2,1-3H3,(H2,31,33,34,37). The molecule has 1 aromatic heterocycles. The van der Waals surface area contributed by atoms with Gasteiger partial charge in [0.2, 0.25) is 17.5 Å². The van der Waals surface area contributed by atoms with Crippen molar-refractivity contribution in [2.24, 2.45) is 0 Å². The molecule has 3 aromatic carbocycles. The Labute approximate surface area is 214 Å². The van der Waals surface area contributed by atoms with Gasteiger partial charge < -0.3 is 14.5 Å². The first kappa shape index (κ1) is 26.1. The van der Waals surface area contributed by atoms with Crippen LogP contribution in [0, 0.1) is 23.3 Å². The van der Waals surface area contributed by atoms with Gasteiger partial charge in [0.15, 0.2) is 28.1 Å². The molecule has 1 unspecified atom stereocenters. The second kappa shape index (κ2) is 10.6. The summed E-state index contributed by atoms with van der Waals surface area (Å²) in [7, 11) is 0.832. The van der Waals surface area contributed by atoms with Crippen molar-refractivity contribution in [2.45, 2.75) is 26.2 Å². The van der Waals surface area contributed by atoms with Gasteiger partial charge in [0.25, 0.3) is 5.91 Å². The van der Waals surface area contributed by atoms with Crippen molar-refractivity contribution in [1.82, 2.24) is 10.3 Å². The number of halogens is 4. The van der Waals surface area contributed by atoms with E-state index in [1.807, 2.05) is 23.5 Å². The highest BCUT2D eigenvalue weighted by molar-refractivity contribution is 7.80. The molecule has 0 radical (unpaired) electrons. The Morgan fingerprint density at radius 2 is 1.70 bits per heavy atom. The average Bonchev–Trinajstić information content (AvgIpc) is 3.31. The van der Waals surface area contributed by atoms with E-state index >= 15 is 0 Å². The third-order valence-electron chi connectivity index (χ3n) is 5.86. The molecule has 0 spiro atoms. The zero-order valence-electron chi connectivity index (χ0n) is 19.9. The molecule has 37 heavy (non-hydrogen) atoms. The second-order valence-corrected chi connectivity index (χ2v) is 8.61. The molecule has 0 aliphatic heterocycles. The molecule has 11 heteroatoms. The van der Waals surface area contributed by atoms with Crippen LogP contribution in [0.25, 0.3) is 22.6 Å². The van der Waals surface area contributed by atoms with E-state index in [2.05, 4.69) is 28.9 Å². The molecule has 192 valence electrons. The van der Waals surface area contributed by atoms with Gasteiger partial charge in [-0.15, -0.1) is 0 Å². The first-order valence-electron chi connectivity index (χ1n) is 11.2. The number of hydrogen-bond acceptors (Lipinski definition) is 5. The predicted octanol–water partition coefficient (Wildman–Crippen LogP) is 6.70. The molecule has 0 aliphatic rings. The van der Waals surface area contributed by atoms with E-state index in [-0.39, 0.29) is 5.11 Å². The molecule has 0 bridgehead atoms. The van der Waals surface area contributed by atoms with Gasteiger partial charge in [0.05, 0.1) is 7.11 Å². The van der Waals surface area contributed by atoms with E-state index in [0.29, 0.717) is 28.6 Å². The minimum Gasteiger partial charge on any atom is -0.491 e. The zero-order chi connectivity index (χ0) is 26.9. The number of thiocarbonyl (C=S) groups is 1. The summed E-state index contributed by atoms with van der Waals surface area (Å²) in [5.74, 6) is -9.43. The number of ether oxygens (including phenoxy) is 1. The maximum atomic E-state index is 14.2. The van der Waals surface area contributed by atoms with Gasteiger partial charge in [-0.25, -0.2) is 13.8 Å². The van der Waals surface area contributed by atoms with Crippen molar-refractivity contribution in [2.75, 3.05) is 12.4 Å². The lowest BCUT2D eigenvalue weighted by molar-refractivity contribution is 0.0966. The van der Waals surface area contributed by atoms with Crippen molar-refractivity contribution in [3.8, 4) is 17.2 Å². The van der Waals surface area contributed by atoms with Crippen LogP contribution in [0.15, 0.2) is 46.9 Å². The lowest BCUT2D eigenvalue weighted by Gasteiger charge is -2.13. The number of carbonyl (C=O) groups excluding carboxylic acids is 1. The number of hydrogen-bond donors (Lipinski definition) is 2. The van der Waals surface area contributed by atoms with Crippen LogP contribution in [-0.4, -0.2) is 23.1 Å². The van der Waals surface area contributed by atoms with Crippen LogP contribution in [0.3, 0.4) is 0 Å². The van der Waals surface area contributed by atoms with Gasteiger partial charge in [-0.3, -0.25) is 10.1 Å². The Bertz CT molecular complexity index is 1480. The fourth-order valence-electron chi connectivity index (χ4n) is 3.62. The van der Waals surface area contributed by atoms with Crippen LogP contribution < -0.4 is 15.4 Å². The lowest BCUT2D eigenvalue weighted by Crippen LogP contribution is -2.35. The Morgan fingerprint density at radius 3 is 2.30 bits per heavy atom. The van der Waals surface area contributed by atoms with Crippen LogP contribution >= 0.6 is 12.2 Å². The van der Waals surface area contributed by atoms with Gasteiger partial charge in [0.1, 0.15) is 11.1 Å². The van der Waals surface area contributed by atoms with Gasteiger partial charge in [-0.05, 0) is 66.5 Å². The maximum Gasteiger partial charge on any atom is 0.263 e. The minimum absolute atomic E-state index is 0.354. The largest absolute Gasteiger partial charge is 0.491 e. The molecular weight excluding hydrogens is 510 g/mol. The smallest absolute Gasteiger partial charge is 0.263 e. The molecular formula is C26H21F4N3O3S. The molecule has 4 aromatic rings. The fraction of sp³-hybridized carbons (Fsp3) is 0.192. The summed E-state index contributed by atoms with van der Waals surface area (Å²) in [5, 5.41) is 4.30. The number of carbonyl (C=O) groups is 1. The topological polar surface area (TPSA) is 76.4 Å². The normalized spacial score (nSPS) is 11.9. The molecule has 0 saturated heterocycles. The monoisotopic (exact) mass is 531 g/mol. The van der Waals surface area contributed by atoms with Crippen molar-refractivity contribution in [1.29, 1.82) is 0 Å². The number of nitrogens with one attached hydrogen (secondary N) is 2. The van der Waals surface area contributed by atoms with Crippen LogP contribution in [-0.2, 0) is 0 Å². The van der Waals surface area contributed by atoms with Gasteiger partial charge in [0, 0.05) is 11.3 Å². The quantitative estimate of drug-likeness (QED) is 0.164. The maximum absolute atomic E-state index is 14.2. The first-order valence-corrected chi connectivity index (χ1v) is 11.6. The zero-order valence-corrected chi connectivity index (χ0v) is 20.7. The molecule has 1 heterocycles. The van der Waals surface area contributed by atoms with E-state index in [1.54, 1.807) is 24.3 Å². The average molecular weight is 532 g/mol. The SMILES string of the molecule is CCC(C)c1ccc2oc(-c3ccc(NC(=S)NC(=O)c4c(F)c(F)c(OC)c(F)c4F)cc3)nc2c1. The van der Waals surface area contributed by atoms with E-state index in [0.717, 1.165) is 19.0 Å². The number of oxazole rings is 1. The molecule has 0 fully saturated rings. The van der Waals surface area contributed by atoms with Gasteiger partial charge in [-0.1, -0.05) is 19.9 Å². The summed E-state index contributed by atoms with van der Waals surface area (Å²) in [5.41, 5.74) is 2.18.